The molecule has 0 radical (unpaired) electrons. The highest BCUT2D eigenvalue weighted by molar-refractivity contribution is 5.95. The fourth-order valence-electron chi connectivity index (χ4n) is 2.75. The molecule has 2 rings (SSSR count). The third-order valence-corrected chi connectivity index (χ3v) is 3.80. The lowest BCUT2D eigenvalue weighted by Gasteiger charge is -2.37. The molecule has 0 aromatic heterocycles. The number of esters is 1. The van der Waals surface area contributed by atoms with E-state index in [1.807, 2.05) is 12.1 Å². The first kappa shape index (κ1) is 15.6. The summed E-state index contributed by atoms with van der Waals surface area (Å²) in [5, 5.41) is 0. The van der Waals surface area contributed by atoms with E-state index >= 15 is 0 Å². The summed E-state index contributed by atoms with van der Waals surface area (Å²) in [5.74, 6) is 0.312. The minimum atomic E-state index is -0.388. The Balaban J connectivity index is 2.01. The third kappa shape index (κ3) is 3.88. The normalized spacial score (nSPS) is 16.3. The number of anilines is 2. The molecule has 1 aromatic carbocycles. The summed E-state index contributed by atoms with van der Waals surface area (Å²) >= 11 is 0. The lowest BCUT2D eigenvalue weighted by molar-refractivity contribution is 0.0602. The van der Waals surface area contributed by atoms with Crippen LogP contribution in [0.1, 0.15) is 24.2 Å². The van der Waals surface area contributed by atoms with Crippen LogP contribution in [0.4, 0.5) is 11.4 Å². The van der Waals surface area contributed by atoms with Crippen molar-refractivity contribution >= 4 is 17.3 Å². The molecular weight excluding hydrogens is 266 g/mol. The van der Waals surface area contributed by atoms with Crippen LogP contribution in [0, 0.1) is 5.92 Å². The number of carbonyl (C=O) groups is 1. The van der Waals surface area contributed by atoms with Gasteiger partial charge in [0, 0.05) is 44.1 Å². The molecule has 0 amide bonds. The van der Waals surface area contributed by atoms with Crippen molar-refractivity contribution in [3.8, 4) is 0 Å². The summed E-state index contributed by atoms with van der Waals surface area (Å²) in [7, 11) is 1.36. The first-order chi connectivity index (χ1) is 10.0. The van der Waals surface area contributed by atoms with Crippen molar-refractivity contribution < 1.29 is 9.53 Å². The second-order valence-electron chi connectivity index (χ2n) is 5.94. The molecule has 0 aliphatic carbocycles. The molecule has 0 saturated carbocycles. The molecule has 116 valence electrons. The Morgan fingerprint density at radius 3 is 2.48 bits per heavy atom. The minimum absolute atomic E-state index is 0.388. The largest absolute Gasteiger partial charge is 0.465 e. The van der Waals surface area contributed by atoms with E-state index < -0.39 is 0 Å². The number of rotatable bonds is 4. The SMILES string of the molecule is COC(=O)c1ccc(N2CCN(CC(C)C)CC2)cc1N. The van der Waals surface area contributed by atoms with Gasteiger partial charge >= 0.3 is 5.97 Å². The van der Waals surface area contributed by atoms with Gasteiger partial charge < -0.3 is 15.4 Å². The van der Waals surface area contributed by atoms with Crippen LogP contribution >= 0.6 is 0 Å². The van der Waals surface area contributed by atoms with Crippen molar-refractivity contribution in [3.05, 3.63) is 23.8 Å². The Morgan fingerprint density at radius 1 is 1.29 bits per heavy atom. The maximum Gasteiger partial charge on any atom is 0.339 e. The van der Waals surface area contributed by atoms with Crippen LogP contribution in [0.15, 0.2) is 18.2 Å². The topological polar surface area (TPSA) is 58.8 Å². The standard InChI is InChI=1S/C16H25N3O2/c1-12(2)11-18-6-8-19(9-7-18)13-4-5-14(15(17)10-13)16(20)21-3/h4-5,10,12H,6-9,11,17H2,1-3H3. The Morgan fingerprint density at radius 2 is 1.95 bits per heavy atom. The summed E-state index contributed by atoms with van der Waals surface area (Å²) in [6.45, 7) is 9.76. The molecule has 2 N–H and O–H groups in total. The van der Waals surface area contributed by atoms with Gasteiger partial charge in [0.2, 0.25) is 0 Å². The molecule has 5 heteroatoms. The van der Waals surface area contributed by atoms with Crippen molar-refractivity contribution in [2.45, 2.75) is 13.8 Å². The Kier molecular flexibility index (Phi) is 5.07. The summed E-state index contributed by atoms with van der Waals surface area (Å²) in [6, 6.07) is 5.56. The molecule has 0 atom stereocenters. The van der Waals surface area contributed by atoms with Crippen LogP contribution in [0.5, 0.6) is 0 Å². The molecule has 0 spiro atoms. The monoisotopic (exact) mass is 291 g/mol. The lowest BCUT2D eigenvalue weighted by atomic mass is 10.1. The quantitative estimate of drug-likeness (QED) is 0.677. The Labute approximate surface area is 126 Å². The Bertz CT molecular complexity index is 494. The van der Waals surface area contributed by atoms with Crippen molar-refractivity contribution in [3.63, 3.8) is 0 Å². The maximum absolute atomic E-state index is 11.5. The molecule has 21 heavy (non-hydrogen) atoms. The van der Waals surface area contributed by atoms with Gasteiger partial charge in [0.15, 0.2) is 0 Å². The molecule has 1 fully saturated rings. The highest BCUT2D eigenvalue weighted by atomic mass is 16.5. The van der Waals surface area contributed by atoms with E-state index in [1.54, 1.807) is 6.07 Å². The van der Waals surface area contributed by atoms with Gasteiger partial charge in [-0.15, -0.1) is 0 Å². The van der Waals surface area contributed by atoms with Crippen LogP contribution in [-0.4, -0.2) is 50.7 Å². The van der Waals surface area contributed by atoms with E-state index in [4.69, 9.17) is 10.5 Å². The van der Waals surface area contributed by atoms with E-state index in [0.717, 1.165) is 38.4 Å². The summed E-state index contributed by atoms with van der Waals surface area (Å²) in [4.78, 5) is 16.4. The zero-order valence-electron chi connectivity index (χ0n) is 13.1. The summed E-state index contributed by atoms with van der Waals surface area (Å²) in [5.41, 5.74) is 7.94. The predicted octanol–water partition coefficient (Wildman–Crippen LogP) is 1.83. The van der Waals surface area contributed by atoms with Gasteiger partial charge in [0.05, 0.1) is 12.7 Å². The zero-order valence-corrected chi connectivity index (χ0v) is 13.1. The van der Waals surface area contributed by atoms with Crippen molar-refractivity contribution in [2.24, 2.45) is 5.92 Å². The number of hydrogen-bond acceptors (Lipinski definition) is 5. The van der Waals surface area contributed by atoms with E-state index in [9.17, 15) is 4.79 Å². The summed E-state index contributed by atoms with van der Waals surface area (Å²) < 4.78 is 4.71. The van der Waals surface area contributed by atoms with Crippen molar-refractivity contribution in [2.75, 3.05) is 50.5 Å². The molecule has 0 unspecified atom stereocenters. The molecule has 1 heterocycles. The number of carbonyl (C=O) groups excluding carboxylic acids is 1. The average molecular weight is 291 g/mol. The fourth-order valence-corrected chi connectivity index (χ4v) is 2.75. The number of nitrogens with two attached hydrogens (primary N) is 1. The van der Waals surface area contributed by atoms with Crippen LogP contribution < -0.4 is 10.6 Å². The van der Waals surface area contributed by atoms with Gasteiger partial charge in [-0.2, -0.15) is 0 Å². The van der Waals surface area contributed by atoms with Gasteiger partial charge in [-0.1, -0.05) is 13.8 Å². The van der Waals surface area contributed by atoms with E-state index in [0.29, 0.717) is 17.2 Å². The van der Waals surface area contributed by atoms with E-state index in [-0.39, 0.29) is 5.97 Å². The zero-order chi connectivity index (χ0) is 15.4. The number of nitrogens with zero attached hydrogens (tertiary/aromatic N) is 2. The van der Waals surface area contributed by atoms with Gasteiger partial charge in [0.25, 0.3) is 0 Å². The van der Waals surface area contributed by atoms with Crippen LogP contribution in [0.25, 0.3) is 0 Å². The van der Waals surface area contributed by atoms with Gasteiger partial charge in [-0.05, 0) is 24.1 Å². The number of nitrogen functional groups attached to an aromatic ring is 1. The van der Waals surface area contributed by atoms with Gasteiger partial charge in [-0.25, -0.2) is 4.79 Å². The first-order valence-electron chi connectivity index (χ1n) is 7.46. The number of piperazine rings is 1. The van der Waals surface area contributed by atoms with E-state index in [2.05, 4.69) is 23.6 Å². The lowest BCUT2D eigenvalue weighted by Crippen LogP contribution is -2.47. The minimum Gasteiger partial charge on any atom is -0.465 e. The molecule has 0 bridgehead atoms. The van der Waals surface area contributed by atoms with Crippen molar-refractivity contribution in [1.82, 2.24) is 4.90 Å². The molecule has 1 aliphatic rings. The molecule has 5 nitrogen and oxygen atoms in total. The second-order valence-corrected chi connectivity index (χ2v) is 5.94. The Hall–Kier alpha value is -1.75. The van der Waals surface area contributed by atoms with Gasteiger partial charge in [-0.3, -0.25) is 4.90 Å². The van der Waals surface area contributed by atoms with Crippen LogP contribution in [-0.2, 0) is 4.74 Å². The van der Waals surface area contributed by atoms with Crippen LogP contribution in [0.3, 0.4) is 0 Å². The third-order valence-electron chi connectivity index (χ3n) is 3.80. The number of hydrogen-bond donors (Lipinski definition) is 1. The predicted molar refractivity (Wildman–Crippen MR) is 85.7 cm³/mol. The number of ether oxygens (including phenoxy) is 1. The second kappa shape index (κ2) is 6.80. The maximum atomic E-state index is 11.5. The van der Waals surface area contributed by atoms with E-state index in [1.165, 1.54) is 7.11 Å². The number of benzene rings is 1. The molecule has 1 saturated heterocycles. The fraction of sp³-hybridized carbons (Fsp3) is 0.562. The molecule has 1 aliphatic heterocycles. The first-order valence-corrected chi connectivity index (χ1v) is 7.46. The molecule has 1 aromatic rings. The van der Waals surface area contributed by atoms with Crippen LogP contribution in [0.2, 0.25) is 0 Å². The smallest absolute Gasteiger partial charge is 0.339 e. The van der Waals surface area contributed by atoms with Crippen molar-refractivity contribution in [1.29, 1.82) is 0 Å². The highest BCUT2D eigenvalue weighted by Gasteiger charge is 2.19. The number of methoxy groups -OCH3 is 1. The molecular formula is C16H25N3O2. The van der Waals surface area contributed by atoms with Gasteiger partial charge in [0.1, 0.15) is 0 Å². The highest BCUT2D eigenvalue weighted by Crippen LogP contribution is 2.23. The summed E-state index contributed by atoms with van der Waals surface area (Å²) in [6.07, 6.45) is 0. The average Bonchev–Trinajstić information content (AvgIpc) is 2.46.